The van der Waals surface area contributed by atoms with E-state index in [2.05, 4.69) is 0 Å². The molecule has 0 heterocycles. The van der Waals surface area contributed by atoms with Crippen molar-refractivity contribution >= 4 is 11.7 Å². The number of nitro groups is 1. The van der Waals surface area contributed by atoms with Gasteiger partial charge in [-0.05, 0) is 12.1 Å². The largest absolute Gasteiger partial charge is 0.457 e. The highest BCUT2D eigenvalue weighted by atomic mass is 16.6. The number of ether oxygens (including phenoxy) is 1. The van der Waals surface area contributed by atoms with Gasteiger partial charge in [-0.1, -0.05) is 24.3 Å². The number of rotatable bonds is 4. The number of hydrogen-bond acceptors (Lipinski definition) is 5. The summed E-state index contributed by atoms with van der Waals surface area (Å²) in [4.78, 5) is 21.9. The molecule has 104 valence electrons. The Balaban J connectivity index is 2.10. The summed E-state index contributed by atoms with van der Waals surface area (Å²) in [6, 6.07) is 14.0. The number of nitriles is 1. The Bertz CT molecular complexity index is 734. The molecule has 0 saturated carbocycles. The Morgan fingerprint density at radius 2 is 2.00 bits per heavy atom. The lowest BCUT2D eigenvalue weighted by molar-refractivity contribution is -0.384. The molecule has 0 amide bonds. The van der Waals surface area contributed by atoms with Crippen LogP contribution in [-0.4, -0.2) is 10.9 Å². The Morgan fingerprint density at radius 3 is 2.71 bits per heavy atom. The lowest BCUT2D eigenvalue weighted by Crippen LogP contribution is -2.06. The number of carbonyl (C=O) groups is 1. The third-order valence-electron chi connectivity index (χ3n) is 2.79. The zero-order valence-corrected chi connectivity index (χ0v) is 10.9. The molecular weight excluding hydrogens is 272 g/mol. The average Bonchev–Trinajstić information content (AvgIpc) is 2.52. The number of nitro benzene ring substituents is 1. The first-order valence-electron chi connectivity index (χ1n) is 6.01. The van der Waals surface area contributed by atoms with Gasteiger partial charge in [0.25, 0.3) is 5.69 Å². The number of carbonyl (C=O) groups excluding carboxylic acids is 1. The van der Waals surface area contributed by atoms with E-state index in [9.17, 15) is 14.9 Å². The normalized spacial score (nSPS) is 9.67. The second-order valence-corrected chi connectivity index (χ2v) is 4.15. The summed E-state index contributed by atoms with van der Waals surface area (Å²) in [5.41, 5.74) is 0.920. The van der Waals surface area contributed by atoms with Gasteiger partial charge in [-0.15, -0.1) is 0 Å². The molecular formula is C15H10N2O4. The van der Waals surface area contributed by atoms with Crippen molar-refractivity contribution in [3.05, 3.63) is 75.3 Å². The monoisotopic (exact) mass is 282 g/mol. The molecule has 0 saturated heterocycles. The molecule has 21 heavy (non-hydrogen) atoms. The van der Waals surface area contributed by atoms with Crippen LogP contribution in [0.2, 0.25) is 0 Å². The number of benzene rings is 2. The van der Waals surface area contributed by atoms with E-state index >= 15 is 0 Å². The Labute approximate surface area is 120 Å². The molecule has 0 bridgehead atoms. The summed E-state index contributed by atoms with van der Waals surface area (Å²) in [6.45, 7) is -0.0642. The molecule has 0 spiro atoms. The molecule has 0 aliphatic rings. The minimum absolute atomic E-state index is 0.0642. The molecule has 0 radical (unpaired) electrons. The number of esters is 1. The topological polar surface area (TPSA) is 93.2 Å². The van der Waals surface area contributed by atoms with E-state index in [4.69, 9.17) is 10.00 Å². The Morgan fingerprint density at radius 1 is 1.24 bits per heavy atom. The van der Waals surface area contributed by atoms with Crippen LogP contribution in [0.4, 0.5) is 5.69 Å². The first-order chi connectivity index (χ1) is 10.1. The molecule has 0 aromatic heterocycles. The van der Waals surface area contributed by atoms with Crippen LogP contribution in [0, 0.1) is 21.4 Å². The van der Waals surface area contributed by atoms with Gasteiger partial charge in [0.2, 0.25) is 0 Å². The first-order valence-corrected chi connectivity index (χ1v) is 6.01. The van der Waals surface area contributed by atoms with E-state index in [1.807, 2.05) is 6.07 Å². The minimum Gasteiger partial charge on any atom is -0.457 e. The van der Waals surface area contributed by atoms with E-state index in [0.29, 0.717) is 11.1 Å². The van der Waals surface area contributed by atoms with Gasteiger partial charge in [-0.2, -0.15) is 5.26 Å². The van der Waals surface area contributed by atoms with Crippen molar-refractivity contribution in [3.8, 4) is 6.07 Å². The summed E-state index contributed by atoms with van der Waals surface area (Å²) in [6.07, 6.45) is 0. The van der Waals surface area contributed by atoms with Crippen molar-refractivity contribution in [2.24, 2.45) is 0 Å². The molecule has 2 rings (SSSR count). The van der Waals surface area contributed by atoms with E-state index in [1.165, 1.54) is 18.2 Å². The third-order valence-corrected chi connectivity index (χ3v) is 2.79. The fourth-order valence-corrected chi connectivity index (χ4v) is 1.73. The van der Waals surface area contributed by atoms with Gasteiger partial charge in [0.1, 0.15) is 6.61 Å². The average molecular weight is 282 g/mol. The highest BCUT2D eigenvalue weighted by Gasteiger charge is 2.13. The van der Waals surface area contributed by atoms with Crippen LogP contribution in [0.25, 0.3) is 0 Å². The maximum atomic E-state index is 11.9. The van der Waals surface area contributed by atoms with Crippen LogP contribution in [-0.2, 0) is 11.3 Å². The number of nitrogens with zero attached hydrogens (tertiary/aromatic N) is 2. The van der Waals surface area contributed by atoms with Crippen molar-refractivity contribution in [2.75, 3.05) is 0 Å². The van der Waals surface area contributed by atoms with Crippen LogP contribution in [0.5, 0.6) is 0 Å². The zero-order chi connectivity index (χ0) is 15.2. The number of non-ortho nitro benzene ring substituents is 1. The lowest BCUT2D eigenvalue weighted by atomic mass is 10.1. The van der Waals surface area contributed by atoms with Crippen molar-refractivity contribution in [1.82, 2.24) is 0 Å². The second kappa shape index (κ2) is 6.30. The molecule has 0 unspecified atom stereocenters. The molecule has 0 atom stereocenters. The van der Waals surface area contributed by atoms with Gasteiger partial charge in [0, 0.05) is 17.7 Å². The van der Waals surface area contributed by atoms with Gasteiger partial charge < -0.3 is 4.74 Å². The van der Waals surface area contributed by atoms with Crippen LogP contribution in [0.15, 0.2) is 48.5 Å². The quantitative estimate of drug-likeness (QED) is 0.488. The molecule has 0 fully saturated rings. The zero-order valence-electron chi connectivity index (χ0n) is 10.9. The predicted octanol–water partition coefficient (Wildman–Crippen LogP) is 2.82. The second-order valence-electron chi connectivity index (χ2n) is 4.15. The molecule has 2 aromatic carbocycles. The van der Waals surface area contributed by atoms with Crippen LogP contribution in [0.1, 0.15) is 21.5 Å². The first kappa shape index (κ1) is 14.2. The summed E-state index contributed by atoms with van der Waals surface area (Å²) < 4.78 is 5.08. The number of hydrogen-bond donors (Lipinski definition) is 0. The van der Waals surface area contributed by atoms with Gasteiger partial charge in [0.15, 0.2) is 0 Å². The van der Waals surface area contributed by atoms with E-state index in [-0.39, 0.29) is 17.9 Å². The van der Waals surface area contributed by atoms with Crippen LogP contribution >= 0.6 is 0 Å². The Kier molecular flexibility index (Phi) is 4.26. The molecule has 0 aliphatic carbocycles. The summed E-state index contributed by atoms with van der Waals surface area (Å²) >= 11 is 0. The Hall–Kier alpha value is -3.20. The SMILES string of the molecule is N#Cc1ccccc1COC(=O)c1cccc([N+](=O)[O-])c1. The van der Waals surface area contributed by atoms with E-state index < -0.39 is 10.9 Å². The van der Waals surface area contributed by atoms with Gasteiger partial charge in [-0.3, -0.25) is 10.1 Å². The fraction of sp³-hybridized carbons (Fsp3) is 0.0667. The third kappa shape index (κ3) is 3.42. The molecule has 6 nitrogen and oxygen atoms in total. The standard InChI is InChI=1S/C15H10N2O4/c16-9-12-4-1-2-5-13(12)10-21-15(18)11-6-3-7-14(8-11)17(19)20/h1-8H,10H2. The van der Waals surface area contributed by atoms with Crippen molar-refractivity contribution in [3.63, 3.8) is 0 Å². The highest BCUT2D eigenvalue weighted by Crippen LogP contribution is 2.15. The lowest BCUT2D eigenvalue weighted by Gasteiger charge is -2.06. The smallest absolute Gasteiger partial charge is 0.338 e. The molecule has 0 N–H and O–H groups in total. The van der Waals surface area contributed by atoms with E-state index in [1.54, 1.807) is 24.3 Å². The van der Waals surface area contributed by atoms with Crippen LogP contribution < -0.4 is 0 Å². The van der Waals surface area contributed by atoms with Gasteiger partial charge in [0.05, 0.1) is 22.1 Å². The summed E-state index contributed by atoms with van der Waals surface area (Å²) in [5, 5.41) is 19.6. The van der Waals surface area contributed by atoms with E-state index in [0.717, 1.165) is 6.07 Å². The molecule has 0 aliphatic heterocycles. The minimum atomic E-state index is -0.675. The predicted molar refractivity (Wildman–Crippen MR) is 73.4 cm³/mol. The van der Waals surface area contributed by atoms with Crippen molar-refractivity contribution in [1.29, 1.82) is 5.26 Å². The summed E-state index contributed by atoms with van der Waals surface area (Å²) in [7, 11) is 0. The van der Waals surface area contributed by atoms with Gasteiger partial charge in [-0.25, -0.2) is 4.79 Å². The van der Waals surface area contributed by atoms with Crippen LogP contribution in [0.3, 0.4) is 0 Å². The van der Waals surface area contributed by atoms with Crippen molar-refractivity contribution in [2.45, 2.75) is 6.61 Å². The molecule has 2 aromatic rings. The maximum absolute atomic E-state index is 11.9. The van der Waals surface area contributed by atoms with Gasteiger partial charge >= 0.3 is 5.97 Å². The summed E-state index contributed by atoms with van der Waals surface area (Å²) in [5.74, 6) is -0.675. The fourth-order valence-electron chi connectivity index (χ4n) is 1.73. The maximum Gasteiger partial charge on any atom is 0.338 e. The molecule has 6 heteroatoms. The van der Waals surface area contributed by atoms with Crippen molar-refractivity contribution < 1.29 is 14.5 Å². The highest BCUT2D eigenvalue weighted by molar-refractivity contribution is 5.90.